The zero-order valence-corrected chi connectivity index (χ0v) is 12.9. The number of hydrogen-bond acceptors (Lipinski definition) is 3. The molecule has 0 saturated heterocycles. The lowest BCUT2D eigenvalue weighted by Gasteiger charge is -2.08. The number of ether oxygens (including phenoxy) is 1. The molecule has 0 unspecified atom stereocenters. The third-order valence-corrected chi connectivity index (χ3v) is 4.23. The van der Waals surface area contributed by atoms with Crippen LogP contribution in [0.25, 0.3) is 0 Å². The highest BCUT2D eigenvalue weighted by Crippen LogP contribution is 2.32. The summed E-state index contributed by atoms with van der Waals surface area (Å²) in [4.78, 5) is 13.7. The van der Waals surface area contributed by atoms with Gasteiger partial charge < -0.3 is 4.74 Å². The van der Waals surface area contributed by atoms with Crippen molar-refractivity contribution in [1.82, 2.24) is 0 Å². The third kappa shape index (κ3) is 3.56. The third-order valence-electron chi connectivity index (χ3n) is 2.91. The van der Waals surface area contributed by atoms with Gasteiger partial charge in [0, 0.05) is 14.8 Å². The molecule has 0 spiro atoms. The molecule has 2 aromatic carbocycles. The summed E-state index contributed by atoms with van der Waals surface area (Å²) in [6.45, 7) is 2.12. The summed E-state index contributed by atoms with van der Waals surface area (Å²) in [6.07, 6.45) is 1.01. The number of esters is 1. The molecule has 0 heterocycles. The first kappa shape index (κ1) is 14.9. The lowest BCUT2D eigenvalue weighted by molar-refractivity contribution is 0.0597. The van der Waals surface area contributed by atoms with Crippen molar-refractivity contribution in [1.29, 1.82) is 0 Å². The number of hydrogen-bond donors (Lipinski definition) is 0. The predicted molar refractivity (Wildman–Crippen MR) is 82.7 cm³/mol. The molecule has 0 aliphatic carbocycles. The summed E-state index contributed by atoms with van der Waals surface area (Å²) in [7, 11) is 1.37. The minimum Gasteiger partial charge on any atom is -0.465 e. The summed E-state index contributed by atoms with van der Waals surface area (Å²) < 4.78 is 4.80. The molecule has 0 saturated carbocycles. The van der Waals surface area contributed by atoms with Crippen LogP contribution in [0.1, 0.15) is 22.8 Å². The first-order valence-corrected chi connectivity index (χ1v) is 7.48. The zero-order chi connectivity index (χ0) is 14.5. The molecule has 0 N–H and O–H groups in total. The second kappa shape index (κ2) is 6.82. The normalized spacial score (nSPS) is 10.3. The summed E-state index contributed by atoms with van der Waals surface area (Å²) in [5, 5.41) is 0.524. The van der Waals surface area contributed by atoms with Gasteiger partial charge in [0.15, 0.2) is 0 Å². The second-order valence-corrected chi connectivity index (χ2v) is 5.78. The summed E-state index contributed by atoms with van der Waals surface area (Å²) >= 11 is 7.47. The van der Waals surface area contributed by atoms with Gasteiger partial charge in [0.05, 0.1) is 12.7 Å². The minimum absolute atomic E-state index is 0.375. The molecule has 0 aliphatic rings. The highest BCUT2D eigenvalue weighted by Gasteiger charge is 2.13. The van der Waals surface area contributed by atoms with Gasteiger partial charge in [-0.15, -0.1) is 0 Å². The van der Waals surface area contributed by atoms with E-state index in [0.29, 0.717) is 10.6 Å². The van der Waals surface area contributed by atoms with Crippen LogP contribution in [0.15, 0.2) is 52.3 Å². The summed E-state index contributed by atoms with van der Waals surface area (Å²) in [6, 6.07) is 13.5. The van der Waals surface area contributed by atoms with Crippen molar-refractivity contribution < 1.29 is 9.53 Å². The van der Waals surface area contributed by atoms with Gasteiger partial charge in [-0.2, -0.15) is 0 Å². The molecular formula is C16H15ClO2S. The van der Waals surface area contributed by atoms with Gasteiger partial charge in [-0.25, -0.2) is 4.79 Å². The van der Waals surface area contributed by atoms with Crippen LogP contribution < -0.4 is 0 Å². The van der Waals surface area contributed by atoms with E-state index in [1.54, 1.807) is 12.1 Å². The second-order valence-electron chi connectivity index (χ2n) is 4.23. The average molecular weight is 307 g/mol. The number of rotatable bonds is 4. The first-order chi connectivity index (χ1) is 9.63. The highest BCUT2D eigenvalue weighted by atomic mass is 35.5. The van der Waals surface area contributed by atoms with Gasteiger partial charge in [-0.1, -0.05) is 42.4 Å². The van der Waals surface area contributed by atoms with Gasteiger partial charge in [0.25, 0.3) is 0 Å². The van der Waals surface area contributed by atoms with E-state index in [-0.39, 0.29) is 5.97 Å². The molecule has 4 heteroatoms. The van der Waals surface area contributed by atoms with Crippen LogP contribution in [0.5, 0.6) is 0 Å². The largest absolute Gasteiger partial charge is 0.465 e. The standard InChI is InChI=1S/C16H15ClO2S/c1-3-11-4-7-13(8-5-11)20-15-9-6-12(17)10-14(15)16(18)19-2/h4-10H,3H2,1-2H3. The van der Waals surface area contributed by atoms with E-state index in [9.17, 15) is 4.79 Å². The number of halogens is 1. The Morgan fingerprint density at radius 1 is 1.20 bits per heavy atom. The molecule has 20 heavy (non-hydrogen) atoms. The molecule has 2 aromatic rings. The van der Waals surface area contributed by atoms with Crippen LogP contribution >= 0.6 is 23.4 Å². The van der Waals surface area contributed by atoms with E-state index in [2.05, 4.69) is 31.2 Å². The lowest BCUT2D eigenvalue weighted by atomic mass is 10.2. The van der Waals surface area contributed by atoms with E-state index in [0.717, 1.165) is 16.2 Å². The molecule has 104 valence electrons. The molecular weight excluding hydrogens is 292 g/mol. The topological polar surface area (TPSA) is 26.3 Å². The van der Waals surface area contributed by atoms with Crippen LogP contribution in [-0.4, -0.2) is 13.1 Å². The quantitative estimate of drug-likeness (QED) is 0.756. The maximum absolute atomic E-state index is 11.8. The van der Waals surface area contributed by atoms with Gasteiger partial charge in [0.1, 0.15) is 0 Å². The molecule has 0 fully saturated rings. The summed E-state index contributed by atoms with van der Waals surface area (Å²) in [5.74, 6) is -0.375. The number of carbonyl (C=O) groups is 1. The Bertz CT molecular complexity index is 608. The smallest absolute Gasteiger partial charge is 0.339 e. The minimum atomic E-state index is -0.375. The van der Waals surface area contributed by atoms with Gasteiger partial charge in [-0.3, -0.25) is 0 Å². The molecule has 2 nitrogen and oxygen atoms in total. The molecule has 0 aliphatic heterocycles. The highest BCUT2D eigenvalue weighted by molar-refractivity contribution is 7.99. The fourth-order valence-electron chi connectivity index (χ4n) is 1.78. The van der Waals surface area contributed by atoms with Crippen molar-refractivity contribution in [2.24, 2.45) is 0 Å². The van der Waals surface area contributed by atoms with Crippen molar-refractivity contribution >= 4 is 29.3 Å². The van der Waals surface area contributed by atoms with E-state index in [1.807, 2.05) is 6.07 Å². The van der Waals surface area contributed by atoms with E-state index in [4.69, 9.17) is 16.3 Å². The average Bonchev–Trinajstić information content (AvgIpc) is 2.49. The van der Waals surface area contributed by atoms with Gasteiger partial charge in [0.2, 0.25) is 0 Å². The zero-order valence-electron chi connectivity index (χ0n) is 11.4. The van der Waals surface area contributed by atoms with Crippen molar-refractivity contribution in [2.45, 2.75) is 23.1 Å². The Morgan fingerprint density at radius 2 is 1.90 bits per heavy atom. The lowest BCUT2D eigenvalue weighted by Crippen LogP contribution is -2.02. The maximum Gasteiger partial charge on any atom is 0.339 e. The molecule has 2 rings (SSSR count). The predicted octanol–water partition coefficient (Wildman–Crippen LogP) is 4.84. The molecule has 0 aromatic heterocycles. The van der Waals surface area contributed by atoms with E-state index < -0.39 is 0 Å². The Hall–Kier alpha value is -1.45. The SMILES string of the molecule is CCc1ccc(Sc2ccc(Cl)cc2C(=O)OC)cc1. The fraction of sp³-hybridized carbons (Fsp3) is 0.188. The van der Waals surface area contributed by atoms with Crippen LogP contribution in [0.2, 0.25) is 5.02 Å². The van der Waals surface area contributed by atoms with Gasteiger partial charge >= 0.3 is 5.97 Å². The van der Waals surface area contributed by atoms with Crippen molar-refractivity contribution in [3.8, 4) is 0 Å². The van der Waals surface area contributed by atoms with Gasteiger partial charge in [-0.05, 0) is 42.3 Å². The molecule has 0 radical (unpaired) electrons. The Labute approximate surface area is 128 Å². The van der Waals surface area contributed by atoms with Crippen molar-refractivity contribution in [2.75, 3.05) is 7.11 Å². The maximum atomic E-state index is 11.8. The first-order valence-electron chi connectivity index (χ1n) is 6.28. The fourth-order valence-corrected chi connectivity index (χ4v) is 2.87. The van der Waals surface area contributed by atoms with Crippen LogP contribution in [-0.2, 0) is 11.2 Å². The van der Waals surface area contributed by atoms with E-state index in [1.165, 1.54) is 24.4 Å². The van der Waals surface area contributed by atoms with Crippen LogP contribution in [0.4, 0.5) is 0 Å². The summed E-state index contributed by atoms with van der Waals surface area (Å²) in [5.41, 5.74) is 1.78. The Morgan fingerprint density at radius 3 is 2.50 bits per heavy atom. The van der Waals surface area contributed by atoms with Crippen LogP contribution in [0.3, 0.4) is 0 Å². The van der Waals surface area contributed by atoms with Crippen molar-refractivity contribution in [3.05, 3.63) is 58.6 Å². The Balaban J connectivity index is 2.30. The van der Waals surface area contributed by atoms with Crippen LogP contribution in [0, 0.1) is 0 Å². The van der Waals surface area contributed by atoms with E-state index >= 15 is 0 Å². The molecule has 0 bridgehead atoms. The Kier molecular flexibility index (Phi) is 5.10. The van der Waals surface area contributed by atoms with Crippen molar-refractivity contribution in [3.63, 3.8) is 0 Å². The number of carbonyl (C=O) groups excluding carboxylic acids is 1. The molecule has 0 atom stereocenters. The number of aryl methyl sites for hydroxylation is 1. The monoisotopic (exact) mass is 306 g/mol. The number of methoxy groups -OCH3 is 1. The number of benzene rings is 2. The molecule has 0 amide bonds.